The molecule has 0 bridgehead atoms. The molecule has 0 unspecified atom stereocenters. The molecule has 1 aliphatic heterocycles. The normalized spacial score (nSPS) is 16.4. The molecule has 1 atom stereocenters. The highest BCUT2D eigenvalue weighted by Crippen LogP contribution is 2.41. The number of pyridine rings is 1. The van der Waals surface area contributed by atoms with Crippen LogP contribution in [-0.2, 0) is 13.0 Å². The van der Waals surface area contributed by atoms with Crippen molar-refractivity contribution < 1.29 is 9.47 Å². The van der Waals surface area contributed by atoms with Crippen LogP contribution in [0.25, 0.3) is 5.65 Å². The van der Waals surface area contributed by atoms with E-state index in [4.69, 9.17) is 14.5 Å². The van der Waals surface area contributed by atoms with Gasteiger partial charge in [0.15, 0.2) is 11.5 Å². The summed E-state index contributed by atoms with van der Waals surface area (Å²) >= 11 is 0. The SMILES string of the molecule is COc1cc2c(cc1OC)[C@H](c1ccccc1)N(Cc1cn3ccccc3n1)CC2. The van der Waals surface area contributed by atoms with E-state index in [-0.39, 0.29) is 6.04 Å². The molecule has 30 heavy (non-hydrogen) atoms. The van der Waals surface area contributed by atoms with E-state index >= 15 is 0 Å². The quantitative estimate of drug-likeness (QED) is 0.495. The standard InChI is InChI=1S/C25H25N3O2/c1-29-22-14-19-11-13-28(17-20-16-27-12-7-6-10-24(27)26-20)25(18-8-4-3-5-9-18)21(19)15-23(22)30-2/h3-10,12,14-16,25H,11,13,17H2,1-2H3/t25-/m0/s1. The predicted octanol–water partition coefficient (Wildman–Crippen LogP) is 4.50. The Morgan fingerprint density at radius 2 is 1.73 bits per heavy atom. The van der Waals surface area contributed by atoms with Gasteiger partial charge in [-0.15, -0.1) is 0 Å². The Balaban J connectivity index is 1.57. The molecule has 0 N–H and O–H groups in total. The lowest BCUT2D eigenvalue weighted by molar-refractivity contribution is 0.201. The molecule has 2 aromatic heterocycles. The van der Waals surface area contributed by atoms with Crippen LogP contribution < -0.4 is 9.47 Å². The van der Waals surface area contributed by atoms with E-state index in [0.29, 0.717) is 0 Å². The zero-order valence-electron chi connectivity index (χ0n) is 17.3. The molecule has 0 spiro atoms. The Labute approximate surface area is 176 Å². The zero-order valence-corrected chi connectivity index (χ0v) is 17.3. The molecule has 0 amide bonds. The number of nitrogens with zero attached hydrogens (tertiary/aromatic N) is 3. The van der Waals surface area contributed by atoms with Gasteiger partial charge in [-0.1, -0.05) is 36.4 Å². The highest BCUT2D eigenvalue weighted by Gasteiger charge is 2.30. The van der Waals surface area contributed by atoms with E-state index in [0.717, 1.165) is 42.4 Å². The monoisotopic (exact) mass is 399 g/mol. The largest absolute Gasteiger partial charge is 0.493 e. The lowest BCUT2D eigenvalue weighted by Crippen LogP contribution is -2.35. The molecule has 5 rings (SSSR count). The van der Waals surface area contributed by atoms with Crippen molar-refractivity contribution >= 4 is 5.65 Å². The van der Waals surface area contributed by atoms with Crippen LogP contribution in [0.1, 0.15) is 28.4 Å². The smallest absolute Gasteiger partial charge is 0.161 e. The minimum absolute atomic E-state index is 0.138. The average Bonchev–Trinajstić information content (AvgIpc) is 3.21. The average molecular weight is 399 g/mol. The van der Waals surface area contributed by atoms with Crippen molar-refractivity contribution in [1.82, 2.24) is 14.3 Å². The molecule has 3 heterocycles. The van der Waals surface area contributed by atoms with Gasteiger partial charge in [0.25, 0.3) is 0 Å². The van der Waals surface area contributed by atoms with Crippen LogP contribution >= 0.6 is 0 Å². The number of methoxy groups -OCH3 is 2. The number of fused-ring (bicyclic) bond motifs is 2. The Morgan fingerprint density at radius 3 is 2.50 bits per heavy atom. The third-order valence-electron chi connectivity index (χ3n) is 5.87. The van der Waals surface area contributed by atoms with Gasteiger partial charge in [0.2, 0.25) is 0 Å². The molecule has 0 fully saturated rings. The maximum Gasteiger partial charge on any atom is 0.161 e. The first-order valence-electron chi connectivity index (χ1n) is 10.2. The van der Waals surface area contributed by atoms with Crippen molar-refractivity contribution in [3.8, 4) is 11.5 Å². The number of imidazole rings is 1. The first-order valence-corrected chi connectivity index (χ1v) is 10.2. The molecule has 1 aliphatic rings. The van der Waals surface area contributed by atoms with Gasteiger partial charge in [-0.2, -0.15) is 0 Å². The second-order valence-electron chi connectivity index (χ2n) is 7.64. The van der Waals surface area contributed by atoms with Crippen LogP contribution in [0.15, 0.2) is 73.1 Å². The van der Waals surface area contributed by atoms with Crippen LogP contribution in [-0.4, -0.2) is 35.0 Å². The zero-order chi connectivity index (χ0) is 20.5. The van der Waals surface area contributed by atoms with Gasteiger partial charge in [0.1, 0.15) is 5.65 Å². The molecule has 0 radical (unpaired) electrons. The molecular formula is C25H25N3O2. The first-order chi connectivity index (χ1) is 14.8. The van der Waals surface area contributed by atoms with E-state index < -0.39 is 0 Å². The van der Waals surface area contributed by atoms with E-state index in [1.807, 2.05) is 24.4 Å². The topological polar surface area (TPSA) is 39.0 Å². The number of rotatable bonds is 5. The van der Waals surface area contributed by atoms with Crippen LogP contribution in [0.3, 0.4) is 0 Å². The van der Waals surface area contributed by atoms with Crippen molar-refractivity contribution in [3.05, 3.63) is 95.4 Å². The maximum atomic E-state index is 5.62. The fraction of sp³-hybridized carbons (Fsp3) is 0.240. The van der Waals surface area contributed by atoms with Gasteiger partial charge in [0.05, 0.1) is 26.0 Å². The van der Waals surface area contributed by atoms with E-state index in [1.54, 1.807) is 14.2 Å². The summed E-state index contributed by atoms with van der Waals surface area (Å²) in [5.41, 5.74) is 5.91. The van der Waals surface area contributed by atoms with Crippen LogP contribution in [0.2, 0.25) is 0 Å². The summed E-state index contributed by atoms with van der Waals surface area (Å²) in [5, 5.41) is 0. The van der Waals surface area contributed by atoms with Gasteiger partial charge in [-0.3, -0.25) is 4.90 Å². The number of aromatic nitrogens is 2. The number of benzene rings is 2. The van der Waals surface area contributed by atoms with Gasteiger partial charge in [0, 0.05) is 25.5 Å². The van der Waals surface area contributed by atoms with Crippen LogP contribution in [0, 0.1) is 0 Å². The van der Waals surface area contributed by atoms with Gasteiger partial charge < -0.3 is 13.9 Å². The summed E-state index contributed by atoms with van der Waals surface area (Å²) in [6.45, 7) is 1.74. The molecule has 0 aliphatic carbocycles. The lowest BCUT2D eigenvalue weighted by atomic mass is 9.87. The van der Waals surface area contributed by atoms with Crippen molar-refractivity contribution in [3.63, 3.8) is 0 Å². The van der Waals surface area contributed by atoms with Gasteiger partial charge in [-0.05, 0) is 47.4 Å². The van der Waals surface area contributed by atoms with E-state index in [2.05, 4.69) is 58.0 Å². The molecule has 5 nitrogen and oxygen atoms in total. The third-order valence-corrected chi connectivity index (χ3v) is 5.87. The summed E-state index contributed by atoms with van der Waals surface area (Å²) < 4.78 is 13.3. The fourth-order valence-corrected chi connectivity index (χ4v) is 4.47. The van der Waals surface area contributed by atoms with E-state index in [9.17, 15) is 0 Å². The van der Waals surface area contributed by atoms with Gasteiger partial charge >= 0.3 is 0 Å². The molecule has 152 valence electrons. The minimum Gasteiger partial charge on any atom is -0.493 e. The predicted molar refractivity (Wildman–Crippen MR) is 117 cm³/mol. The summed E-state index contributed by atoms with van der Waals surface area (Å²) in [4.78, 5) is 7.33. The molecule has 2 aromatic carbocycles. The second kappa shape index (κ2) is 7.84. The minimum atomic E-state index is 0.138. The van der Waals surface area contributed by atoms with Crippen molar-refractivity contribution in [2.24, 2.45) is 0 Å². The molecule has 0 saturated heterocycles. The molecular weight excluding hydrogens is 374 g/mol. The highest BCUT2D eigenvalue weighted by molar-refractivity contribution is 5.51. The maximum absolute atomic E-state index is 5.62. The van der Waals surface area contributed by atoms with E-state index in [1.165, 1.54) is 16.7 Å². The number of hydrogen-bond acceptors (Lipinski definition) is 4. The summed E-state index contributed by atoms with van der Waals surface area (Å²) in [7, 11) is 3.39. The number of ether oxygens (including phenoxy) is 2. The van der Waals surface area contributed by atoms with Crippen molar-refractivity contribution in [1.29, 1.82) is 0 Å². The van der Waals surface area contributed by atoms with Gasteiger partial charge in [-0.25, -0.2) is 4.98 Å². The fourth-order valence-electron chi connectivity index (χ4n) is 4.47. The lowest BCUT2D eigenvalue weighted by Gasteiger charge is -2.37. The highest BCUT2D eigenvalue weighted by atomic mass is 16.5. The Morgan fingerprint density at radius 1 is 0.967 bits per heavy atom. The Hall–Kier alpha value is -3.31. The second-order valence-corrected chi connectivity index (χ2v) is 7.64. The van der Waals surface area contributed by atoms with Crippen LogP contribution in [0.4, 0.5) is 0 Å². The Bertz CT molecular complexity index is 1140. The Kier molecular flexibility index (Phi) is 4.89. The molecule has 5 heteroatoms. The van der Waals surface area contributed by atoms with Crippen LogP contribution in [0.5, 0.6) is 11.5 Å². The first kappa shape index (κ1) is 18.7. The third kappa shape index (κ3) is 3.31. The summed E-state index contributed by atoms with van der Waals surface area (Å²) in [6, 6.07) is 21.2. The number of hydrogen-bond donors (Lipinski definition) is 0. The summed E-state index contributed by atoms with van der Waals surface area (Å²) in [6.07, 6.45) is 5.14. The van der Waals surface area contributed by atoms with Crippen molar-refractivity contribution in [2.45, 2.75) is 19.0 Å². The summed E-state index contributed by atoms with van der Waals surface area (Å²) in [5.74, 6) is 1.56. The van der Waals surface area contributed by atoms with Crippen molar-refractivity contribution in [2.75, 3.05) is 20.8 Å². The molecule has 0 saturated carbocycles. The molecule has 4 aromatic rings.